The van der Waals surface area contributed by atoms with Crippen LogP contribution in [0, 0.1) is 0 Å². The van der Waals surface area contributed by atoms with Crippen LogP contribution in [-0.4, -0.2) is 38.7 Å². The molecule has 0 spiro atoms. The number of benzene rings is 1. The van der Waals surface area contributed by atoms with Crippen LogP contribution in [0.3, 0.4) is 0 Å². The Morgan fingerprint density at radius 1 is 1.24 bits per heavy atom. The van der Waals surface area contributed by atoms with E-state index >= 15 is 0 Å². The van der Waals surface area contributed by atoms with Crippen molar-refractivity contribution in [2.45, 2.75) is 46.0 Å². The molecule has 120 valence electrons. The fraction of sp³-hybridized carbons (Fsp3) is 0.667. The standard InChI is InChI=1S/C18H32N2O/c1-6-8-12-20(4)13-11-19-18-14-16(21-5)9-10-17(18)15(3)7-2/h9-10,14-15,19H,6-8,11-13H2,1-5H3. The van der Waals surface area contributed by atoms with Crippen LogP contribution >= 0.6 is 0 Å². The van der Waals surface area contributed by atoms with Gasteiger partial charge in [-0.3, -0.25) is 0 Å². The lowest BCUT2D eigenvalue weighted by atomic mass is 9.96. The lowest BCUT2D eigenvalue weighted by Gasteiger charge is -2.20. The summed E-state index contributed by atoms with van der Waals surface area (Å²) in [6.07, 6.45) is 3.68. The van der Waals surface area contributed by atoms with E-state index in [0.717, 1.165) is 25.3 Å². The van der Waals surface area contributed by atoms with Crippen molar-refractivity contribution in [3.8, 4) is 5.75 Å². The third kappa shape index (κ3) is 5.96. The van der Waals surface area contributed by atoms with Crippen molar-refractivity contribution in [3.05, 3.63) is 23.8 Å². The largest absolute Gasteiger partial charge is 0.497 e. The molecule has 1 N–H and O–H groups in total. The van der Waals surface area contributed by atoms with Gasteiger partial charge in [0.1, 0.15) is 5.75 Å². The van der Waals surface area contributed by atoms with Crippen LogP contribution in [0.25, 0.3) is 0 Å². The highest BCUT2D eigenvalue weighted by Crippen LogP contribution is 2.30. The summed E-state index contributed by atoms with van der Waals surface area (Å²) in [5.41, 5.74) is 2.60. The van der Waals surface area contributed by atoms with Gasteiger partial charge < -0.3 is 15.0 Å². The number of rotatable bonds is 10. The van der Waals surface area contributed by atoms with E-state index in [1.54, 1.807) is 7.11 Å². The van der Waals surface area contributed by atoms with Gasteiger partial charge in [-0.15, -0.1) is 0 Å². The van der Waals surface area contributed by atoms with E-state index in [0.29, 0.717) is 5.92 Å². The summed E-state index contributed by atoms with van der Waals surface area (Å²) in [5, 5.41) is 3.59. The van der Waals surface area contributed by atoms with Crippen LogP contribution < -0.4 is 10.1 Å². The molecule has 0 aliphatic rings. The Balaban J connectivity index is 2.63. The first-order valence-electron chi connectivity index (χ1n) is 8.22. The molecular weight excluding hydrogens is 260 g/mol. The zero-order valence-electron chi connectivity index (χ0n) is 14.4. The quantitative estimate of drug-likeness (QED) is 0.694. The Morgan fingerprint density at radius 3 is 2.62 bits per heavy atom. The molecule has 0 radical (unpaired) electrons. The van der Waals surface area contributed by atoms with E-state index in [2.05, 4.69) is 56.2 Å². The molecule has 0 fully saturated rings. The number of nitrogens with one attached hydrogen (secondary N) is 1. The van der Waals surface area contributed by atoms with Crippen LogP contribution in [0.15, 0.2) is 18.2 Å². The van der Waals surface area contributed by atoms with Gasteiger partial charge in [-0.2, -0.15) is 0 Å². The van der Waals surface area contributed by atoms with Crippen molar-refractivity contribution in [1.29, 1.82) is 0 Å². The monoisotopic (exact) mass is 292 g/mol. The van der Waals surface area contributed by atoms with Crippen molar-refractivity contribution in [2.75, 3.05) is 39.1 Å². The van der Waals surface area contributed by atoms with E-state index in [4.69, 9.17) is 4.74 Å². The number of methoxy groups -OCH3 is 1. The zero-order chi connectivity index (χ0) is 15.7. The van der Waals surface area contributed by atoms with Gasteiger partial charge in [0.25, 0.3) is 0 Å². The molecule has 3 heteroatoms. The molecule has 1 unspecified atom stereocenters. The van der Waals surface area contributed by atoms with Gasteiger partial charge in [-0.05, 0) is 44.0 Å². The molecule has 1 aromatic carbocycles. The molecule has 1 rings (SSSR count). The second-order valence-corrected chi connectivity index (χ2v) is 5.85. The Bertz CT molecular complexity index is 406. The predicted molar refractivity (Wildman–Crippen MR) is 92.6 cm³/mol. The van der Waals surface area contributed by atoms with Gasteiger partial charge in [0.05, 0.1) is 7.11 Å². The minimum atomic E-state index is 0.566. The maximum absolute atomic E-state index is 5.35. The van der Waals surface area contributed by atoms with Gasteiger partial charge in [0.15, 0.2) is 0 Å². The summed E-state index contributed by atoms with van der Waals surface area (Å²) < 4.78 is 5.35. The molecule has 0 amide bonds. The van der Waals surface area contributed by atoms with Gasteiger partial charge in [0, 0.05) is 24.8 Å². The maximum atomic E-state index is 5.35. The molecule has 0 bridgehead atoms. The third-order valence-corrected chi connectivity index (χ3v) is 4.11. The van der Waals surface area contributed by atoms with Crippen LogP contribution in [0.4, 0.5) is 5.69 Å². The first kappa shape index (κ1) is 17.8. The average Bonchev–Trinajstić information content (AvgIpc) is 2.52. The number of nitrogens with zero attached hydrogens (tertiary/aromatic N) is 1. The van der Waals surface area contributed by atoms with Crippen molar-refractivity contribution in [3.63, 3.8) is 0 Å². The highest BCUT2D eigenvalue weighted by Gasteiger charge is 2.10. The SMILES string of the molecule is CCCCN(C)CCNc1cc(OC)ccc1C(C)CC. The summed E-state index contributed by atoms with van der Waals surface area (Å²) in [4.78, 5) is 2.39. The molecule has 1 aromatic rings. The Hall–Kier alpha value is -1.22. The van der Waals surface area contributed by atoms with Crippen LogP contribution in [0.5, 0.6) is 5.75 Å². The molecule has 0 heterocycles. The van der Waals surface area contributed by atoms with E-state index in [1.807, 2.05) is 0 Å². The van der Waals surface area contributed by atoms with Crippen LogP contribution in [0.1, 0.15) is 51.5 Å². The number of unbranched alkanes of at least 4 members (excludes halogenated alkanes) is 1. The predicted octanol–water partition coefficient (Wildman–Crippen LogP) is 4.35. The third-order valence-electron chi connectivity index (χ3n) is 4.11. The van der Waals surface area contributed by atoms with Crippen molar-refractivity contribution in [2.24, 2.45) is 0 Å². The first-order chi connectivity index (χ1) is 10.1. The molecule has 0 aromatic heterocycles. The van der Waals surface area contributed by atoms with Gasteiger partial charge in [-0.25, -0.2) is 0 Å². The Kier molecular flexibility index (Phi) is 8.21. The van der Waals surface area contributed by atoms with E-state index in [1.165, 1.54) is 30.6 Å². The van der Waals surface area contributed by atoms with E-state index in [-0.39, 0.29) is 0 Å². The Labute approximate surface area is 130 Å². The molecule has 1 atom stereocenters. The maximum Gasteiger partial charge on any atom is 0.120 e. The molecule has 0 aliphatic heterocycles. The molecule has 21 heavy (non-hydrogen) atoms. The summed E-state index contributed by atoms with van der Waals surface area (Å²) in [6.45, 7) is 9.96. The number of anilines is 1. The minimum absolute atomic E-state index is 0.566. The smallest absolute Gasteiger partial charge is 0.120 e. The fourth-order valence-electron chi connectivity index (χ4n) is 2.39. The number of hydrogen-bond donors (Lipinski definition) is 1. The Morgan fingerprint density at radius 2 is 2.00 bits per heavy atom. The lowest BCUT2D eigenvalue weighted by molar-refractivity contribution is 0.340. The second kappa shape index (κ2) is 9.67. The zero-order valence-corrected chi connectivity index (χ0v) is 14.4. The highest BCUT2D eigenvalue weighted by molar-refractivity contribution is 5.56. The first-order valence-corrected chi connectivity index (χ1v) is 8.22. The highest BCUT2D eigenvalue weighted by atomic mass is 16.5. The van der Waals surface area contributed by atoms with Crippen LogP contribution in [-0.2, 0) is 0 Å². The summed E-state index contributed by atoms with van der Waals surface area (Å²) in [6, 6.07) is 6.36. The molecule has 0 saturated heterocycles. The molecule has 0 aliphatic carbocycles. The fourth-order valence-corrected chi connectivity index (χ4v) is 2.39. The normalized spacial score (nSPS) is 12.5. The minimum Gasteiger partial charge on any atom is -0.497 e. The van der Waals surface area contributed by atoms with Crippen molar-refractivity contribution < 1.29 is 4.74 Å². The second-order valence-electron chi connectivity index (χ2n) is 5.85. The van der Waals surface area contributed by atoms with Crippen molar-refractivity contribution >= 4 is 5.69 Å². The van der Waals surface area contributed by atoms with Gasteiger partial charge >= 0.3 is 0 Å². The summed E-state index contributed by atoms with van der Waals surface area (Å²) >= 11 is 0. The lowest BCUT2D eigenvalue weighted by Crippen LogP contribution is -2.26. The molecule has 0 saturated carbocycles. The van der Waals surface area contributed by atoms with Gasteiger partial charge in [0.2, 0.25) is 0 Å². The van der Waals surface area contributed by atoms with Gasteiger partial charge in [-0.1, -0.05) is 33.3 Å². The summed E-state index contributed by atoms with van der Waals surface area (Å²) in [7, 11) is 3.92. The topological polar surface area (TPSA) is 24.5 Å². The average molecular weight is 292 g/mol. The van der Waals surface area contributed by atoms with E-state index in [9.17, 15) is 0 Å². The molecular formula is C18H32N2O. The number of ether oxygens (including phenoxy) is 1. The summed E-state index contributed by atoms with van der Waals surface area (Å²) in [5.74, 6) is 1.49. The number of hydrogen-bond acceptors (Lipinski definition) is 3. The van der Waals surface area contributed by atoms with Crippen molar-refractivity contribution in [1.82, 2.24) is 4.90 Å². The van der Waals surface area contributed by atoms with E-state index < -0.39 is 0 Å². The number of likely N-dealkylation sites (N-methyl/N-ethyl adjacent to an activating group) is 1. The molecule has 3 nitrogen and oxygen atoms in total. The van der Waals surface area contributed by atoms with Crippen LogP contribution in [0.2, 0.25) is 0 Å².